The SMILES string of the molecule is CC(=O)OCC1O[C@@H](OC[C@H](NC(=O)OCC2c3ccccc3-c3ccccc32)C(=O)O)C(OC(C)=O)[C@@H](C)[C@H]1C. The molecule has 2 unspecified atom stereocenters. The molecule has 0 radical (unpaired) electrons. The van der Waals surface area contributed by atoms with Gasteiger partial charge in [0.1, 0.15) is 13.2 Å². The summed E-state index contributed by atoms with van der Waals surface area (Å²) in [4.78, 5) is 47.8. The summed E-state index contributed by atoms with van der Waals surface area (Å²) in [5, 5.41) is 12.1. The Hall–Kier alpha value is -3.96. The highest BCUT2D eigenvalue weighted by Crippen LogP contribution is 2.44. The van der Waals surface area contributed by atoms with E-state index in [1.165, 1.54) is 13.8 Å². The molecule has 1 saturated heterocycles. The average molecular weight is 570 g/mol. The number of esters is 2. The van der Waals surface area contributed by atoms with Crippen LogP contribution in [0.5, 0.6) is 0 Å². The summed E-state index contributed by atoms with van der Waals surface area (Å²) in [6.45, 7) is 5.70. The van der Waals surface area contributed by atoms with Crippen molar-refractivity contribution < 1.29 is 48.0 Å². The maximum Gasteiger partial charge on any atom is 0.407 e. The molecule has 2 N–H and O–H groups in total. The lowest BCUT2D eigenvalue weighted by Crippen LogP contribution is -2.54. The molecule has 4 rings (SSSR count). The smallest absolute Gasteiger partial charge is 0.407 e. The number of carbonyl (C=O) groups excluding carboxylic acids is 3. The van der Waals surface area contributed by atoms with Crippen LogP contribution in [-0.2, 0) is 38.1 Å². The maximum atomic E-state index is 12.7. The number of carboxylic acids is 1. The van der Waals surface area contributed by atoms with Crippen molar-refractivity contribution in [3.05, 3.63) is 59.7 Å². The molecule has 11 nitrogen and oxygen atoms in total. The Balaban J connectivity index is 1.39. The first-order valence-electron chi connectivity index (χ1n) is 13.5. The molecule has 1 aliphatic heterocycles. The van der Waals surface area contributed by atoms with Crippen LogP contribution >= 0.6 is 0 Å². The monoisotopic (exact) mass is 569 g/mol. The maximum absolute atomic E-state index is 12.7. The minimum absolute atomic E-state index is 0.0144. The fraction of sp³-hybridized carbons (Fsp3) is 0.467. The van der Waals surface area contributed by atoms with Crippen LogP contribution in [0.2, 0.25) is 0 Å². The van der Waals surface area contributed by atoms with Gasteiger partial charge in [-0.1, -0.05) is 62.4 Å². The summed E-state index contributed by atoms with van der Waals surface area (Å²) in [6.07, 6.45) is -3.50. The third-order valence-electron chi connectivity index (χ3n) is 7.63. The van der Waals surface area contributed by atoms with E-state index in [4.69, 9.17) is 23.7 Å². The van der Waals surface area contributed by atoms with Gasteiger partial charge in [-0.05, 0) is 28.2 Å². The van der Waals surface area contributed by atoms with Gasteiger partial charge in [0.2, 0.25) is 0 Å². The number of aliphatic carboxylic acids is 1. The molecule has 0 aromatic heterocycles. The standard InChI is InChI=1S/C30H35NO10/c1-16-17(2)27(40-19(4)33)29(41-26(16)15-37-18(3)32)38-14-25(28(34)35)31-30(36)39-13-24-22-11-7-5-9-20(22)21-10-6-8-12-23(21)24/h5-12,16-17,24-27,29H,13-15H2,1-4H3,(H,31,36)(H,34,35)/t16-,17+,25+,26?,27?,29-/m1/s1. The highest BCUT2D eigenvalue weighted by atomic mass is 16.7. The van der Waals surface area contributed by atoms with E-state index in [1.54, 1.807) is 0 Å². The van der Waals surface area contributed by atoms with Crippen LogP contribution in [-0.4, -0.2) is 73.5 Å². The quantitative estimate of drug-likeness (QED) is 0.322. The predicted octanol–water partition coefficient (Wildman–Crippen LogP) is 3.49. The van der Waals surface area contributed by atoms with Crippen molar-refractivity contribution in [3.63, 3.8) is 0 Å². The molecular weight excluding hydrogens is 534 g/mol. The Labute approximate surface area is 238 Å². The van der Waals surface area contributed by atoms with Gasteiger partial charge in [-0.25, -0.2) is 9.59 Å². The summed E-state index contributed by atoms with van der Waals surface area (Å²) >= 11 is 0. The van der Waals surface area contributed by atoms with Gasteiger partial charge in [0.05, 0.1) is 12.7 Å². The van der Waals surface area contributed by atoms with Crippen LogP contribution in [0.25, 0.3) is 11.1 Å². The summed E-state index contributed by atoms with van der Waals surface area (Å²) in [6, 6.07) is 14.3. The van der Waals surface area contributed by atoms with Gasteiger partial charge in [-0.3, -0.25) is 9.59 Å². The zero-order chi connectivity index (χ0) is 29.7. The summed E-state index contributed by atoms with van der Waals surface area (Å²) < 4.78 is 27.7. The fourth-order valence-corrected chi connectivity index (χ4v) is 5.29. The summed E-state index contributed by atoms with van der Waals surface area (Å²) in [7, 11) is 0. The van der Waals surface area contributed by atoms with E-state index in [0.717, 1.165) is 22.3 Å². The van der Waals surface area contributed by atoms with Gasteiger partial charge in [0.25, 0.3) is 0 Å². The molecule has 1 fully saturated rings. The van der Waals surface area contributed by atoms with E-state index in [9.17, 15) is 24.3 Å². The van der Waals surface area contributed by atoms with Crippen LogP contribution in [0.4, 0.5) is 4.79 Å². The third-order valence-corrected chi connectivity index (χ3v) is 7.63. The van der Waals surface area contributed by atoms with Gasteiger partial charge >= 0.3 is 24.0 Å². The number of hydrogen-bond acceptors (Lipinski definition) is 9. The lowest BCUT2D eigenvalue weighted by Gasteiger charge is -2.43. The number of carbonyl (C=O) groups is 4. The molecule has 1 aliphatic carbocycles. The first-order valence-corrected chi connectivity index (χ1v) is 13.5. The second kappa shape index (κ2) is 13.1. The largest absolute Gasteiger partial charge is 0.480 e. The van der Waals surface area contributed by atoms with Crippen LogP contribution in [0.15, 0.2) is 48.5 Å². The molecule has 1 heterocycles. The van der Waals surface area contributed by atoms with Gasteiger partial charge in [-0.15, -0.1) is 0 Å². The van der Waals surface area contributed by atoms with Crippen molar-refractivity contribution in [3.8, 4) is 11.1 Å². The number of fused-ring (bicyclic) bond motifs is 3. The highest BCUT2D eigenvalue weighted by Gasteiger charge is 2.45. The first kappa shape index (κ1) is 30.0. The molecule has 1 amide bonds. The molecule has 41 heavy (non-hydrogen) atoms. The molecule has 6 atom stereocenters. The van der Waals surface area contributed by atoms with Gasteiger partial charge in [0.15, 0.2) is 18.4 Å². The Morgan fingerprint density at radius 3 is 2.05 bits per heavy atom. The Morgan fingerprint density at radius 2 is 1.49 bits per heavy atom. The van der Waals surface area contributed by atoms with E-state index < -0.39 is 55.1 Å². The number of alkyl carbamates (subject to hydrolysis) is 1. The zero-order valence-corrected chi connectivity index (χ0v) is 23.4. The van der Waals surface area contributed by atoms with Crippen molar-refractivity contribution in [2.75, 3.05) is 19.8 Å². The molecule has 0 saturated carbocycles. The second-order valence-electron chi connectivity index (χ2n) is 10.3. The van der Waals surface area contributed by atoms with Crippen LogP contribution in [0.1, 0.15) is 44.7 Å². The molecule has 2 aromatic carbocycles. The van der Waals surface area contributed by atoms with Crippen LogP contribution in [0, 0.1) is 11.8 Å². The van der Waals surface area contributed by atoms with Crippen molar-refractivity contribution in [2.24, 2.45) is 11.8 Å². The van der Waals surface area contributed by atoms with Gasteiger partial charge in [0, 0.05) is 25.7 Å². The lowest BCUT2D eigenvalue weighted by molar-refractivity contribution is -0.281. The Kier molecular flexibility index (Phi) is 9.61. The number of carboxylic acid groups (broad SMARTS) is 1. The topological polar surface area (TPSA) is 147 Å². The minimum Gasteiger partial charge on any atom is -0.480 e. The molecule has 2 aromatic rings. The van der Waals surface area contributed by atoms with Crippen LogP contribution < -0.4 is 5.32 Å². The second-order valence-corrected chi connectivity index (χ2v) is 10.3. The molecular formula is C30H35NO10. The Bertz CT molecular complexity index is 1230. The number of amides is 1. The number of ether oxygens (including phenoxy) is 5. The van der Waals surface area contributed by atoms with Crippen molar-refractivity contribution in [1.82, 2.24) is 5.32 Å². The third kappa shape index (κ3) is 7.04. The van der Waals surface area contributed by atoms with Crippen molar-refractivity contribution in [1.29, 1.82) is 0 Å². The van der Waals surface area contributed by atoms with Gasteiger partial charge < -0.3 is 34.1 Å². The predicted molar refractivity (Wildman–Crippen MR) is 145 cm³/mol. The van der Waals surface area contributed by atoms with E-state index in [1.807, 2.05) is 62.4 Å². The normalized spacial score (nSPS) is 24.0. The molecule has 0 bridgehead atoms. The first-order chi connectivity index (χ1) is 19.6. The summed E-state index contributed by atoms with van der Waals surface area (Å²) in [5.41, 5.74) is 4.19. The molecule has 2 aliphatic rings. The average Bonchev–Trinajstić information content (AvgIpc) is 3.25. The van der Waals surface area contributed by atoms with Gasteiger partial charge in [-0.2, -0.15) is 0 Å². The van der Waals surface area contributed by atoms with Crippen molar-refractivity contribution >= 4 is 24.0 Å². The van der Waals surface area contributed by atoms with Crippen molar-refractivity contribution in [2.45, 2.75) is 58.2 Å². The minimum atomic E-state index is -1.48. The Morgan fingerprint density at radius 1 is 0.878 bits per heavy atom. The number of rotatable bonds is 10. The molecule has 220 valence electrons. The van der Waals surface area contributed by atoms with E-state index >= 15 is 0 Å². The van der Waals surface area contributed by atoms with E-state index in [-0.39, 0.29) is 31.0 Å². The van der Waals surface area contributed by atoms with E-state index in [2.05, 4.69) is 5.32 Å². The molecule has 11 heteroatoms. The number of benzene rings is 2. The molecule has 0 spiro atoms. The van der Waals surface area contributed by atoms with E-state index in [0.29, 0.717) is 0 Å². The zero-order valence-electron chi connectivity index (χ0n) is 23.4. The van der Waals surface area contributed by atoms with Crippen LogP contribution in [0.3, 0.4) is 0 Å². The fourth-order valence-electron chi connectivity index (χ4n) is 5.29. The lowest BCUT2D eigenvalue weighted by atomic mass is 9.83. The highest BCUT2D eigenvalue weighted by molar-refractivity contribution is 5.81. The number of hydrogen-bond donors (Lipinski definition) is 2. The summed E-state index contributed by atoms with van der Waals surface area (Å²) in [5.74, 6) is -3.02. The number of nitrogens with one attached hydrogen (secondary N) is 1.